The number of halogens is 16. The van der Waals surface area contributed by atoms with Crippen LogP contribution in [-0.2, 0) is 63.2 Å². The third kappa shape index (κ3) is 36.4. The standard InChI is InChI=1S/C13H19N3.C11H15N.C10H14N2.C10H13N.C10H10O.C9H9NO.C8H4ClF3O.3C8H5F3O.C3H7ClN.2ClH.H3N/c1-14-13-7-5-10-4-6-11(8-12(10)13)15-9-16(2)3;1-8-3-4-9-5-6-11(12-2)10(9)7-8;1-12-10-5-3-7-2-4-8(11)6-9(7)10;2*1-7-2-3-8-4-5-10(11)9(8)6-7;10-7-3-1-6-2-4-9(11)8(6)5-7;9-7(13)5-2-1-3-6(4-5)8(10,11)12;3*9-8(10,11)7-3-1-2-6(4-7)5-12;1-5(2)3-4;;;/h4,6,8-9,13-14H,5,7H2,1-3H3;3-4,7,11-12H,5-6H2,1-2H3;2,4,6,10,12H,3,5,11H2,1H3;2-3,6,10H,4-5,11H2,1H3;2-3,6H,4-5H2,1H3;1,3,5H,2,4,10H2;1-4H;3*1-5H;3H,1-2H3;2*1H;1H3/q;;;;;;;;;;+1;;;/p-1. The Morgan fingerprint density at radius 2 is 0.762 bits per heavy atom. The first-order chi connectivity index (χ1) is 59.9. The number of hydrogen-bond acceptors (Lipinski definition) is 14. The van der Waals surface area contributed by atoms with E-state index in [-0.39, 0.29) is 59.0 Å². The lowest BCUT2D eigenvalue weighted by Gasteiger charge is -2.10. The van der Waals surface area contributed by atoms with E-state index in [1.807, 2.05) is 91.8 Å². The molecule has 700 valence electrons. The van der Waals surface area contributed by atoms with Gasteiger partial charge in [-0.05, 0) is 276 Å². The predicted molar refractivity (Wildman–Crippen MR) is 493 cm³/mol. The Morgan fingerprint density at radius 3 is 1.15 bits per heavy atom. The smallest absolute Gasteiger partial charge is 0.416 e. The summed E-state index contributed by atoms with van der Waals surface area (Å²) in [6.07, 6.45) is -1.85. The van der Waals surface area contributed by atoms with Crippen LogP contribution in [0.2, 0.25) is 0 Å². The lowest BCUT2D eigenvalue weighted by atomic mass is 10.1. The molecule has 0 aromatic heterocycles. The summed E-state index contributed by atoms with van der Waals surface area (Å²) in [5.74, 6) is 0.538. The maximum absolute atomic E-state index is 12.1. The van der Waals surface area contributed by atoms with Crippen molar-refractivity contribution in [1.82, 2.24) is 27.0 Å². The molecule has 0 amide bonds. The number of carbonyl (C=O) groups excluding carboxylic acids is 6. The lowest BCUT2D eigenvalue weighted by Crippen LogP contribution is -3.00. The second-order valence-corrected chi connectivity index (χ2v) is 31.3. The highest BCUT2D eigenvalue weighted by atomic mass is 35.5. The summed E-state index contributed by atoms with van der Waals surface area (Å²) in [5.41, 5.74) is 37.5. The number of alkyl halides is 12. The minimum Gasteiger partial charge on any atom is -1.00 e. The van der Waals surface area contributed by atoms with E-state index in [4.69, 9.17) is 40.4 Å². The zero-order chi connectivity index (χ0) is 94.1. The number of nitrogens with two attached hydrogens (primary N) is 3. The van der Waals surface area contributed by atoms with Crippen molar-refractivity contribution in [2.24, 2.45) is 10.7 Å². The van der Waals surface area contributed by atoms with Crippen molar-refractivity contribution < 1.29 is 98.4 Å². The summed E-state index contributed by atoms with van der Waals surface area (Å²) in [7, 11) is 13.8. The summed E-state index contributed by atoms with van der Waals surface area (Å²) in [6, 6.07) is 56.4. The van der Waals surface area contributed by atoms with E-state index < -0.39 is 52.2 Å². The van der Waals surface area contributed by atoms with Gasteiger partial charge in [0.1, 0.15) is 33.0 Å². The van der Waals surface area contributed by atoms with Crippen LogP contribution < -0.4 is 51.7 Å². The van der Waals surface area contributed by atoms with Gasteiger partial charge in [-0.2, -0.15) is 52.7 Å². The van der Waals surface area contributed by atoms with E-state index in [0.717, 1.165) is 108 Å². The highest BCUT2D eigenvalue weighted by Crippen LogP contribution is 2.38. The van der Waals surface area contributed by atoms with Gasteiger partial charge in [0.15, 0.2) is 11.6 Å². The number of rotatable bonds is 9. The number of nitrogen functional groups attached to an aromatic ring is 2. The van der Waals surface area contributed by atoms with Gasteiger partial charge in [0, 0.05) is 95.9 Å². The van der Waals surface area contributed by atoms with Crippen LogP contribution in [0.1, 0.15) is 219 Å². The first-order valence-corrected chi connectivity index (χ1v) is 41.3. The van der Waals surface area contributed by atoms with Crippen LogP contribution in [0, 0.1) is 20.8 Å². The van der Waals surface area contributed by atoms with Crippen molar-refractivity contribution in [3.63, 3.8) is 0 Å². The number of carbonyl (C=O) groups is 6. The molecule has 16 rings (SSSR count). The average Bonchev–Trinajstić information content (AvgIpc) is 1.68. The summed E-state index contributed by atoms with van der Waals surface area (Å²) in [6.45, 7) is 6.29. The molecule has 6 aliphatic carbocycles. The molecule has 0 fully saturated rings. The molecule has 0 heterocycles. The number of ketones is 2. The fraction of sp³-hybridized carbons (Fsp3) is 0.306. The molecule has 0 spiro atoms. The number of nitrogens with zero attached hydrogens (tertiary/aromatic N) is 3. The number of fused-ring (bicyclic) bond motifs is 6. The van der Waals surface area contributed by atoms with Crippen LogP contribution in [-0.4, -0.2) is 106 Å². The molecule has 32 heteroatoms. The van der Waals surface area contributed by atoms with E-state index in [2.05, 4.69) is 114 Å². The average molecular weight is 1890 g/mol. The molecule has 6 aliphatic rings. The molecule has 16 nitrogen and oxygen atoms in total. The molecule has 0 radical (unpaired) electrons. The molecule has 130 heavy (non-hydrogen) atoms. The number of benzene rings is 10. The van der Waals surface area contributed by atoms with Crippen LogP contribution in [0.25, 0.3) is 0 Å². The Bertz CT molecular complexity index is 5160. The summed E-state index contributed by atoms with van der Waals surface area (Å²) < 4.78 is 146. The lowest BCUT2D eigenvalue weighted by molar-refractivity contribution is -0.457. The Morgan fingerprint density at radius 1 is 0.438 bits per heavy atom. The van der Waals surface area contributed by atoms with E-state index in [1.165, 1.54) is 153 Å². The molecule has 10 aromatic carbocycles. The molecule has 0 aliphatic heterocycles. The van der Waals surface area contributed by atoms with Crippen LogP contribution in [0.15, 0.2) is 211 Å². The number of Topliss-reactive ketones (excluding diaryl/α,β-unsaturated/α-hetero) is 2. The minimum absolute atomic E-state index is 0. The van der Waals surface area contributed by atoms with E-state index >= 15 is 0 Å². The molecular weight excluding hydrogens is 1780 g/mol. The van der Waals surface area contributed by atoms with Gasteiger partial charge in [0.25, 0.3) is 5.24 Å². The largest absolute Gasteiger partial charge is 1.00 e. The molecule has 10 aromatic rings. The zero-order valence-electron chi connectivity index (χ0n) is 73.6. The van der Waals surface area contributed by atoms with Crippen LogP contribution in [0.5, 0.6) is 0 Å². The number of aliphatic imine (C=N–C) groups is 1. The van der Waals surface area contributed by atoms with Crippen LogP contribution in [0.3, 0.4) is 0 Å². The second-order valence-electron chi connectivity index (χ2n) is 30.8. The normalized spacial score (nSPS) is 15.1. The fourth-order valence-corrected chi connectivity index (χ4v) is 14.2. The third-order valence-electron chi connectivity index (χ3n) is 20.6. The van der Waals surface area contributed by atoms with Gasteiger partial charge in [-0.1, -0.05) is 132 Å². The van der Waals surface area contributed by atoms with Gasteiger partial charge in [-0.15, -0.1) is 12.4 Å². The number of aldehydes is 3. The van der Waals surface area contributed by atoms with Crippen LogP contribution in [0.4, 0.5) is 69.7 Å². The molecule has 0 saturated heterocycles. The summed E-state index contributed by atoms with van der Waals surface area (Å²) in [5, 5.41) is 9.09. The minimum atomic E-state index is -4.44. The van der Waals surface area contributed by atoms with Gasteiger partial charge < -0.3 is 56.6 Å². The maximum atomic E-state index is 12.1. The molecule has 4 unspecified atom stereocenters. The second kappa shape index (κ2) is 54.0. The van der Waals surface area contributed by atoms with Crippen molar-refractivity contribution in [3.05, 3.63) is 334 Å². The monoisotopic (exact) mass is 1890 g/mol. The quantitative estimate of drug-likeness (QED) is 0.0135. The van der Waals surface area contributed by atoms with Crippen molar-refractivity contribution in [2.75, 3.05) is 60.8 Å². The zero-order valence-corrected chi connectivity index (χ0v) is 76.7. The molecule has 4 atom stereocenters. The molecule has 12 N–H and O–H groups in total. The third-order valence-corrected chi connectivity index (χ3v) is 21.3. The maximum Gasteiger partial charge on any atom is 0.416 e. The highest BCUT2D eigenvalue weighted by molar-refractivity contribution is 6.67. The molecule has 0 bridgehead atoms. The van der Waals surface area contributed by atoms with Gasteiger partial charge in [-0.3, -0.25) is 28.8 Å². The molecular formula is C98H110Cl4F12N10O6. The van der Waals surface area contributed by atoms with Crippen molar-refractivity contribution in [3.8, 4) is 0 Å². The predicted octanol–water partition coefficient (Wildman–Crippen LogP) is 20.0. The number of hydrogen-bond donors (Lipinski definition) is 7. The Labute approximate surface area is 773 Å². The van der Waals surface area contributed by atoms with Gasteiger partial charge in [0.05, 0.1) is 34.3 Å². The SMILES string of the molecule is CNC1CCc2ccc(C)cc21.CNC1CCc2ccc(N)cc21.CNC1CCc2ccc(N=CN(C)C)cc21.C[N+](C)=CCl.Cc1ccc2c(c1)C(=O)CC2.Cc1ccc2c(c1)C(N)CC2.Cl.N.Nc1ccc2c(c1)C(=O)CC2.O=C(Cl)c1cccc(C(F)(F)F)c1.O=Cc1cccc(C(F)(F)F)c1.O=Cc1cccc(C(F)(F)F)c1.O=Cc1cccc(C(F)(F)F)c1.[Cl-]. The van der Waals surface area contributed by atoms with E-state index in [9.17, 15) is 81.5 Å². The van der Waals surface area contributed by atoms with Gasteiger partial charge >= 0.3 is 24.7 Å². The first-order valence-electron chi connectivity index (χ1n) is 40.5. The topological polar surface area (TPSA) is 270 Å². The summed E-state index contributed by atoms with van der Waals surface area (Å²) in [4.78, 5) is 69.6. The van der Waals surface area contributed by atoms with Crippen LogP contribution >= 0.6 is 35.6 Å². The Balaban J connectivity index is 0.000000370. The Kier molecular flexibility index (Phi) is 47.1. The van der Waals surface area contributed by atoms with E-state index in [1.54, 1.807) is 10.6 Å². The summed E-state index contributed by atoms with van der Waals surface area (Å²) >= 11 is 10.2. The fourth-order valence-electron chi connectivity index (χ4n) is 14.0. The van der Waals surface area contributed by atoms with E-state index in [0.29, 0.717) is 67.3 Å². The number of nitrogens with one attached hydrogen (secondary N) is 3. The molecule has 0 saturated carbocycles. The number of anilines is 2. The van der Waals surface area contributed by atoms with Crippen molar-refractivity contribution >= 4 is 100 Å². The van der Waals surface area contributed by atoms with Gasteiger partial charge in [0.2, 0.25) is 5.67 Å². The first kappa shape index (κ1) is 113. The number of aryl methyl sites for hydroxylation is 9. The van der Waals surface area contributed by atoms with Gasteiger partial charge in [-0.25, -0.2) is 9.57 Å². The van der Waals surface area contributed by atoms with Crippen molar-refractivity contribution in [2.45, 2.75) is 147 Å². The van der Waals surface area contributed by atoms with Crippen molar-refractivity contribution in [1.29, 1.82) is 0 Å². The highest BCUT2D eigenvalue weighted by Gasteiger charge is 2.34. The Hall–Kier alpha value is -10.9.